The van der Waals surface area contributed by atoms with Gasteiger partial charge in [-0.05, 0) is 49.1 Å². The minimum Gasteiger partial charge on any atom is -0.166 e. The molecule has 0 amide bonds. The lowest BCUT2D eigenvalue weighted by Crippen LogP contribution is -2.34. The highest BCUT2D eigenvalue weighted by Gasteiger charge is 2.42. The summed E-state index contributed by atoms with van der Waals surface area (Å²) >= 11 is 4.07. The SMILES string of the molecule is CCC#Cc1ccc2c(c1)S(C)(SC)CC(SC)(SC)C2. The van der Waals surface area contributed by atoms with Gasteiger partial charge in [-0.25, -0.2) is 0 Å². The molecule has 1 unspecified atom stereocenters. The highest BCUT2D eigenvalue weighted by atomic mass is 33.2. The van der Waals surface area contributed by atoms with E-state index in [-0.39, 0.29) is 0 Å². The van der Waals surface area contributed by atoms with Gasteiger partial charge >= 0.3 is 0 Å². The molecule has 1 atom stereocenters. The molecule has 0 nitrogen and oxygen atoms in total. The molecule has 0 aliphatic carbocycles. The van der Waals surface area contributed by atoms with Crippen LogP contribution in [0, 0.1) is 11.8 Å². The summed E-state index contributed by atoms with van der Waals surface area (Å²) in [5.41, 5.74) is 2.73. The first-order chi connectivity index (χ1) is 10.0. The fourth-order valence-electron chi connectivity index (χ4n) is 2.70. The molecule has 1 aliphatic heterocycles. The molecule has 0 fully saturated rings. The molecule has 0 radical (unpaired) electrons. The van der Waals surface area contributed by atoms with Crippen LogP contribution in [0.25, 0.3) is 0 Å². The van der Waals surface area contributed by atoms with Crippen LogP contribution in [0.5, 0.6) is 0 Å². The first-order valence-corrected chi connectivity index (χ1v) is 13.5. The van der Waals surface area contributed by atoms with Crippen LogP contribution in [0.1, 0.15) is 24.5 Å². The molecule has 116 valence electrons. The molecule has 1 heterocycles. The van der Waals surface area contributed by atoms with Gasteiger partial charge in [-0.1, -0.05) is 24.8 Å². The Hall–Kier alpha value is 0.180. The van der Waals surface area contributed by atoms with Gasteiger partial charge < -0.3 is 0 Å². The van der Waals surface area contributed by atoms with Crippen molar-refractivity contribution in [1.82, 2.24) is 0 Å². The molecule has 1 aliphatic rings. The van der Waals surface area contributed by atoms with Crippen LogP contribution < -0.4 is 0 Å². The van der Waals surface area contributed by atoms with Crippen molar-refractivity contribution in [2.75, 3.05) is 30.8 Å². The van der Waals surface area contributed by atoms with E-state index in [9.17, 15) is 0 Å². The summed E-state index contributed by atoms with van der Waals surface area (Å²) in [5.74, 6) is 7.79. The fourth-order valence-corrected chi connectivity index (χ4v) is 11.2. The van der Waals surface area contributed by atoms with Crippen LogP contribution in [-0.4, -0.2) is 34.9 Å². The molecular weight excluding hydrogens is 332 g/mol. The van der Waals surface area contributed by atoms with Gasteiger partial charge in [0.1, 0.15) is 0 Å². The van der Waals surface area contributed by atoms with Crippen LogP contribution in [0.3, 0.4) is 0 Å². The van der Waals surface area contributed by atoms with E-state index in [1.54, 1.807) is 10.5 Å². The molecule has 0 N–H and O–H groups in total. The molecule has 1 aromatic rings. The lowest BCUT2D eigenvalue weighted by atomic mass is 10.1. The van der Waals surface area contributed by atoms with Crippen LogP contribution in [-0.2, 0) is 6.42 Å². The Bertz CT molecular complexity index is 566. The summed E-state index contributed by atoms with van der Waals surface area (Å²) in [6, 6.07) is 6.91. The Balaban J connectivity index is 2.51. The molecule has 0 saturated carbocycles. The van der Waals surface area contributed by atoms with Gasteiger partial charge in [-0.3, -0.25) is 0 Å². The quantitative estimate of drug-likeness (QED) is 0.399. The Kier molecular flexibility index (Phi) is 5.99. The van der Waals surface area contributed by atoms with Crippen LogP contribution in [0.4, 0.5) is 0 Å². The van der Waals surface area contributed by atoms with Crippen molar-refractivity contribution >= 4 is 43.4 Å². The van der Waals surface area contributed by atoms with Gasteiger partial charge in [0.15, 0.2) is 0 Å². The lowest BCUT2D eigenvalue weighted by molar-refractivity contribution is 0.852. The Morgan fingerprint density at radius 3 is 2.52 bits per heavy atom. The van der Waals surface area contributed by atoms with Crippen LogP contribution in [0.2, 0.25) is 0 Å². The van der Waals surface area contributed by atoms with Gasteiger partial charge in [0.25, 0.3) is 0 Å². The molecule has 4 heteroatoms. The number of fused-ring (bicyclic) bond motifs is 1. The largest absolute Gasteiger partial charge is 0.166 e. The Morgan fingerprint density at radius 1 is 1.24 bits per heavy atom. The molecule has 1 aromatic carbocycles. The van der Waals surface area contributed by atoms with Crippen molar-refractivity contribution in [3.63, 3.8) is 0 Å². The zero-order chi connectivity index (χ0) is 15.5. The minimum atomic E-state index is -0.810. The second kappa shape index (κ2) is 7.17. The van der Waals surface area contributed by atoms with E-state index in [4.69, 9.17) is 0 Å². The van der Waals surface area contributed by atoms with Crippen molar-refractivity contribution in [2.45, 2.75) is 28.7 Å². The van der Waals surface area contributed by atoms with Gasteiger partial charge in [0.05, 0.1) is 4.08 Å². The average molecular weight is 357 g/mol. The van der Waals surface area contributed by atoms with Crippen molar-refractivity contribution in [1.29, 1.82) is 0 Å². The molecule has 0 saturated heterocycles. The third-order valence-electron chi connectivity index (χ3n) is 4.01. The van der Waals surface area contributed by atoms with E-state index in [2.05, 4.69) is 72.8 Å². The van der Waals surface area contributed by atoms with E-state index in [1.165, 1.54) is 17.7 Å². The minimum absolute atomic E-state index is 0.344. The second-order valence-electron chi connectivity index (χ2n) is 5.29. The molecule has 0 spiro atoms. The predicted molar refractivity (Wildman–Crippen MR) is 107 cm³/mol. The van der Waals surface area contributed by atoms with E-state index < -0.39 is 9.06 Å². The third-order valence-corrected chi connectivity index (χ3v) is 13.6. The Labute approximate surface area is 143 Å². The monoisotopic (exact) mass is 356 g/mol. The zero-order valence-electron chi connectivity index (χ0n) is 13.5. The third kappa shape index (κ3) is 3.58. The standard InChI is InChI=1S/C17H24S4/c1-6-7-8-14-9-10-15-12-17(18-2,19-3)13-21(5,20-4)16(15)11-14/h9-11H,6,12-13H2,1-5H3. The summed E-state index contributed by atoms with van der Waals surface area (Å²) in [4.78, 5) is 1.58. The van der Waals surface area contributed by atoms with Gasteiger partial charge in [0, 0.05) is 22.6 Å². The number of rotatable bonds is 3. The van der Waals surface area contributed by atoms with Crippen molar-refractivity contribution < 1.29 is 0 Å². The molecule has 21 heavy (non-hydrogen) atoms. The maximum absolute atomic E-state index is 3.30. The first-order valence-electron chi connectivity index (χ1n) is 7.06. The number of thioether (sulfide) groups is 2. The molecule has 2 rings (SSSR count). The summed E-state index contributed by atoms with van der Waals surface area (Å²) in [6.07, 6.45) is 11.4. The second-order valence-corrected chi connectivity index (χ2v) is 14.2. The zero-order valence-corrected chi connectivity index (χ0v) is 16.8. The van der Waals surface area contributed by atoms with E-state index in [1.807, 2.05) is 23.5 Å². The maximum atomic E-state index is 3.30. The number of hydrogen-bond acceptors (Lipinski definition) is 3. The predicted octanol–water partition coefficient (Wildman–Crippen LogP) is 5.50. The molecule has 0 bridgehead atoms. The van der Waals surface area contributed by atoms with Crippen molar-refractivity contribution in [2.24, 2.45) is 0 Å². The first kappa shape index (κ1) is 17.5. The smallest absolute Gasteiger partial charge is 0.0731 e. The van der Waals surface area contributed by atoms with Crippen LogP contribution >= 0.6 is 43.4 Å². The lowest BCUT2D eigenvalue weighted by Gasteiger charge is -2.48. The molecule has 0 aromatic heterocycles. The van der Waals surface area contributed by atoms with Gasteiger partial charge in [-0.15, -0.1) is 34.3 Å². The summed E-state index contributed by atoms with van der Waals surface area (Å²) in [6.45, 7) is 2.11. The normalized spacial score (nSPS) is 26.1. The fraction of sp³-hybridized carbons (Fsp3) is 0.529. The number of benzene rings is 1. The van der Waals surface area contributed by atoms with Gasteiger partial charge in [0.2, 0.25) is 0 Å². The highest BCUT2D eigenvalue weighted by Crippen LogP contribution is 2.69. The summed E-state index contributed by atoms with van der Waals surface area (Å²) < 4.78 is 0.344. The van der Waals surface area contributed by atoms with Crippen molar-refractivity contribution in [3.8, 4) is 11.8 Å². The molecular formula is C17H24S4. The summed E-state index contributed by atoms with van der Waals surface area (Å²) in [7, 11) is 1.26. The maximum Gasteiger partial charge on any atom is 0.0731 e. The van der Waals surface area contributed by atoms with E-state index in [0.717, 1.165) is 6.42 Å². The van der Waals surface area contributed by atoms with E-state index >= 15 is 0 Å². The topological polar surface area (TPSA) is 0 Å². The van der Waals surface area contributed by atoms with E-state index in [0.29, 0.717) is 4.08 Å². The highest BCUT2D eigenvalue weighted by molar-refractivity contribution is 8.94. The van der Waals surface area contributed by atoms with Crippen molar-refractivity contribution in [3.05, 3.63) is 29.3 Å². The summed E-state index contributed by atoms with van der Waals surface area (Å²) in [5, 5.41) is 0. The number of hydrogen-bond donors (Lipinski definition) is 0. The Morgan fingerprint density at radius 2 is 1.95 bits per heavy atom. The average Bonchev–Trinajstić information content (AvgIpc) is 2.53. The van der Waals surface area contributed by atoms with Gasteiger partial charge in [-0.2, -0.15) is 9.06 Å². The van der Waals surface area contributed by atoms with Crippen LogP contribution in [0.15, 0.2) is 23.1 Å².